The lowest BCUT2D eigenvalue weighted by Gasteiger charge is -2.09. The number of aromatic amines is 1. The van der Waals surface area contributed by atoms with Gasteiger partial charge in [-0.05, 0) is 43.9 Å². The molecule has 0 radical (unpaired) electrons. The summed E-state index contributed by atoms with van der Waals surface area (Å²) in [6.45, 7) is 1.65. The monoisotopic (exact) mass is 344 g/mol. The lowest BCUT2D eigenvalue weighted by molar-refractivity contribution is 0.597. The number of nitrogens with one attached hydrogen (secondary N) is 1. The number of hydrogen-bond acceptors (Lipinski definition) is 4. The van der Waals surface area contributed by atoms with Gasteiger partial charge in [-0.25, -0.2) is 13.4 Å². The quantitative estimate of drug-likeness (QED) is 0.792. The highest BCUT2D eigenvalue weighted by atomic mass is 32.2. The van der Waals surface area contributed by atoms with E-state index in [1.165, 1.54) is 18.4 Å². The summed E-state index contributed by atoms with van der Waals surface area (Å²) in [5.74, 6) is 0.851. The normalized spacial score (nSPS) is 14.9. The molecule has 6 nitrogen and oxygen atoms in total. The van der Waals surface area contributed by atoms with E-state index in [1.54, 1.807) is 25.1 Å². The molecule has 7 heteroatoms. The second kappa shape index (κ2) is 5.44. The van der Waals surface area contributed by atoms with Gasteiger partial charge in [0.2, 0.25) is 0 Å². The minimum absolute atomic E-state index is 0.0920. The summed E-state index contributed by atoms with van der Waals surface area (Å²) < 4.78 is 26.0. The zero-order valence-corrected chi connectivity index (χ0v) is 14.7. The van der Waals surface area contributed by atoms with E-state index >= 15 is 0 Å². The Hall–Kier alpha value is -2.15. The van der Waals surface area contributed by atoms with E-state index in [9.17, 15) is 8.42 Å². The molecule has 1 N–H and O–H groups in total. The fourth-order valence-electron chi connectivity index (χ4n) is 3.44. The summed E-state index contributed by atoms with van der Waals surface area (Å²) in [5, 5.41) is 4.63. The Morgan fingerprint density at radius 1 is 1.25 bits per heavy atom. The molecule has 4 rings (SSSR count). The van der Waals surface area contributed by atoms with Gasteiger partial charge in [-0.2, -0.15) is 5.10 Å². The first-order chi connectivity index (χ1) is 11.5. The van der Waals surface area contributed by atoms with Crippen molar-refractivity contribution >= 4 is 20.9 Å². The molecular formula is C17H20N4O2S. The van der Waals surface area contributed by atoms with E-state index in [0.717, 1.165) is 41.1 Å². The third-order valence-corrected chi connectivity index (χ3v) is 6.47. The zero-order valence-electron chi connectivity index (χ0n) is 13.8. The van der Waals surface area contributed by atoms with Crippen LogP contribution in [0.15, 0.2) is 23.1 Å². The number of aromatic nitrogens is 4. The van der Waals surface area contributed by atoms with E-state index in [2.05, 4.69) is 15.1 Å². The molecule has 0 bridgehead atoms. The van der Waals surface area contributed by atoms with Crippen LogP contribution in [-0.4, -0.2) is 33.9 Å². The van der Waals surface area contributed by atoms with Crippen molar-refractivity contribution in [2.24, 2.45) is 7.05 Å². The van der Waals surface area contributed by atoms with Crippen molar-refractivity contribution in [1.29, 1.82) is 0 Å². The highest BCUT2D eigenvalue weighted by Crippen LogP contribution is 2.31. The molecule has 1 aliphatic rings. The van der Waals surface area contributed by atoms with Crippen molar-refractivity contribution in [3.63, 3.8) is 0 Å². The molecule has 0 unspecified atom stereocenters. The maximum atomic E-state index is 12.1. The molecule has 0 saturated carbocycles. The van der Waals surface area contributed by atoms with E-state index in [0.29, 0.717) is 4.90 Å². The predicted molar refractivity (Wildman–Crippen MR) is 92.7 cm³/mol. The standard InChI is InChI=1S/C17H20N4O2S/c1-3-24(22,23)11-8-9-14-15(10-11)19-17(18-14)16-12-6-4-5-7-13(12)20-21(16)2/h8-10H,3-7H2,1-2H3,(H,18,19). The van der Waals surface area contributed by atoms with Crippen molar-refractivity contribution in [3.8, 4) is 11.5 Å². The second-order valence-corrected chi connectivity index (χ2v) is 8.55. The lowest BCUT2D eigenvalue weighted by atomic mass is 9.96. The van der Waals surface area contributed by atoms with E-state index in [-0.39, 0.29) is 5.75 Å². The van der Waals surface area contributed by atoms with Gasteiger partial charge in [0.25, 0.3) is 0 Å². The number of hydrogen-bond donors (Lipinski definition) is 1. The summed E-state index contributed by atoms with van der Waals surface area (Å²) in [6.07, 6.45) is 4.39. The van der Waals surface area contributed by atoms with Crippen LogP contribution in [0.4, 0.5) is 0 Å². The van der Waals surface area contributed by atoms with E-state index < -0.39 is 9.84 Å². The fourth-order valence-corrected chi connectivity index (χ4v) is 4.34. The average molecular weight is 344 g/mol. The number of nitrogens with zero attached hydrogens (tertiary/aromatic N) is 3. The zero-order chi connectivity index (χ0) is 16.9. The number of sulfone groups is 1. The largest absolute Gasteiger partial charge is 0.337 e. The van der Waals surface area contributed by atoms with Gasteiger partial charge >= 0.3 is 0 Å². The van der Waals surface area contributed by atoms with Crippen LogP contribution in [0.2, 0.25) is 0 Å². The van der Waals surface area contributed by atoms with Crippen molar-refractivity contribution in [2.45, 2.75) is 37.5 Å². The third kappa shape index (κ3) is 2.34. The van der Waals surface area contributed by atoms with Crippen LogP contribution in [0, 0.1) is 0 Å². The minimum Gasteiger partial charge on any atom is -0.337 e. The molecule has 0 aliphatic heterocycles. The molecule has 0 spiro atoms. The second-order valence-electron chi connectivity index (χ2n) is 6.27. The Morgan fingerprint density at radius 2 is 2.04 bits per heavy atom. The summed E-state index contributed by atoms with van der Waals surface area (Å²) in [5.41, 5.74) is 4.95. The van der Waals surface area contributed by atoms with Crippen LogP contribution in [0.5, 0.6) is 0 Å². The van der Waals surface area contributed by atoms with Crippen LogP contribution in [0.3, 0.4) is 0 Å². The van der Waals surface area contributed by atoms with Gasteiger partial charge in [0.15, 0.2) is 15.7 Å². The van der Waals surface area contributed by atoms with Crippen molar-refractivity contribution < 1.29 is 8.42 Å². The molecule has 0 amide bonds. The number of H-pyrrole nitrogens is 1. The Bertz CT molecular complexity index is 1030. The molecular weight excluding hydrogens is 324 g/mol. The Labute approximate surface area is 140 Å². The van der Waals surface area contributed by atoms with E-state index in [1.807, 2.05) is 11.7 Å². The number of fused-ring (bicyclic) bond motifs is 2. The Balaban J connectivity index is 1.86. The fraction of sp³-hybridized carbons (Fsp3) is 0.412. The predicted octanol–water partition coefficient (Wildman–Crippen LogP) is 2.64. The SMILES string of the molecule is CCS(=O)(=O)c1ccc2nc(-c3c4c(nn3C)CCCC4)[nH]c2c1. The first kappa shape index (κ1) is 15.4. The molecule has 2 heterocycles. The molecule has 0 saturated heterocycles. The van der Waals surface area contributed by atoms with Gasteiger partial charge in [0.05, 0.1) is 27.4 Å². The molecule has 126 valence electrons. The number of imidazole rings is 1. The van der Waals surface area contributed by atoms with Crippen LogP contribution < -0.4 is 0 Å². The molecule has 2 aromatic heterocycles. The van der Waals surface area contributed by atoms with Crippen LogP contribution >= 0.6 is 0 Å². The number of benzene rings is 1. The van der Waals surface area contributed by atoms with Crippen LogP contribution in [0.1, 0.15) is 31.0 Å². The van der Waals surface area contributed by atoms with Gasteiger partial charge in [0.1, 0.15) is 5.69 Å². The van der Waals surface area contributed by atoms with Gasteiger partial charge < -0.3 is 4.98 Å². The number of rotatable bonds is 3. The van der Waals surface area contributed by atoms with Gasteiger partial charge in [-0.1, -0.05) is 6.92 Å². The van der Waals surface area contributed by atoms with Gasteiger partial charge in [-0.3, -0.25) is 4.68 Å². The minimum atomic E-state index is -3.22. The molecule has 1 aliphatic carbocycles. The van der Waals surface area contributed by atoms with Crippen molar-refractivity contribution in [2.75, 3.05) is 5.75 Å². The highest BCUT2D eigenvalue weighted by Gasteiger charge is 2.22. The summed E-state index contributed by atoms with van der Waals surface area (Å²) >= 11 is 0. The smallest absolute Gasteiger partial charge is 0.178 e. The van der Waals surface area contributed by atoms with Crippen LogP contribution in [0.25, 0.3) is 22.6 Å². The molecule has 24 heavy (non-hydrogen) atoms. The first-order valence-electron chi connectivity index (χ1n) is 8.27. The highest BCUT2D eigenvalue weighted by molar-refractivity contribution is 7.91. The van der Waals surface area contributed by atoms with Crippen molar-refractivity contribution in [3.05, 3.63) is 29.5 Å². The van der Waals surface area contributed by atoms with Gasteiger partial charge in [-0.15, -0.1) is 0 Å². The molecule has 0 atom stereocenters. The van der Waals surface area contributed by atoms with E-state index in [4.69, 9.17) is 0 Å². The van der Waals surface area contributed by atoms with Crippen LogP contribution in [-0.2, 0) is 29.7 Å². The Kier molecular flexibility index (Phi) is 3.49. The maximum Gasteiger partial charge on any atom is 0.178 e. The summed E-state index contributed by atoms with van der Waals surface area (Å²) in [6, 6.07) is 5.07. The third-order valence-electron chi connectivity index (χ3n) is 4.74. The van der Waals surface area contributed by atoms with Crippen molar-refractivity contribution in [1.82, 2.24) is 19.7 Å². The average Bonchev–Trinajstić information content (AvgIpc) is 3.13. The first-order valence-corrected chi connectivity index (χ1v) is 9.92. The molecule has 0 fully saturated rings. The number of aryl methyl sites for hydroxylation is 2. The summed E-state index contributed by atoms with van der Waals surface area (Å²) in [7, 11) is -1.28. The summed E-state index contributed by atoms with van der Waals surface area (Å²) in [4.78, 5) is 8.28. The topological polar surface area (TPSA) is 80.6 Å². The molecule has 1 aromatic carbocycles. The maximum absolute atomic E-state index is 12.1. The molecule has 3 aromatic rings. The lowest BCUT2D eigenvalue weighted by Crippen LogP contribution is -2.03. The van der Waals surface area contributed by atoms with Gasteiger partial charge in [0, 0.05) is 12.6 Å². The Morgan fingerprint density at radius 3 is 2.83 bits per heavy atom.